The van der Waals surface area contributed by atoms with Gasteiger partial charge in [0.25, 0.3) is 0 Å². The first-order valence-corrected chi connectivity index (χ1v) is 3.75. The van der Waals surface area contributed by atoms with Crippen LogP contribution in [-0.2, 0) is 0 Å². The first kappa shape index (κ1) is 9.80. The van der Waals surface area contributed by atoms with Gasteiger partial charge in [0, 0.05) is 0 Å². The monoisotopic (exact) mass is 185 g/mol. The third kappa shape index (κ3) is 1.89. The number of Topliss-reactive ketones (excluding diaryl/α,β-unsaturated/α-hetero) is 1. The van der Waals surface area contributed by atoms with Crippen molar-refractivity contribution in [1.29, 1.82) is 0 Å². The standard InChI is InChI=1S/C9H9F2NO/c1-5-2-6(8(13)4-12)9(11)7(10)3-5/h2-3H,4,12H2,1H3. The number of rotatable bonds is 2. The molecule has 0 atom stereocenters. The Morgan fingerprint density at radius 1 is 1.46 bits per heavy atom. The Labute approximate surface area is 74.4 Å². The molecule has 0 unspecified atom stereocenters. The average Bonchev–Trinajstić information content (AvgIpc) is 2.10. The van der Waals surface area contributed by atoms with Crippen LogP contribution in [0.1, 0.15) is 15.9 Å². The van der Waals surface area contributed by atoms with Gasteiger partial charge in [0.15, 0.2) is 17.4 Å². The molecule has 0 heterocycles. The van der Waals surface area contributed by atoms with Crippen LogP contribution in [0.5, 0.6) is 0 Å². The highest BCUT2D eigenvalue weighted by molar-refractivity contribution is 5.97. The molecule has 2 nitrogen and oxygen atoms in total. The van der Waals surface area contributed by atoms with E-state index in [9.17, 15) is 13.6 Å². The van der Waals surface area contributed by atoms with E-state index in [4.69, 9.17) is 5.73 Å². The van der Waals surface area contributed by atoms with Crippen LogP contribution in [0, 0.1) is 18.6 Å². The average molecular weight is 185 g/mol. The third-order valence-electron chi connectivity index (χ3n) is 1.66. The van der Waals surface area contributed by atoms with Crippen molar-refractivity contribution in [2.24, 2.45) is 5.73 Å². The van der Waals surface area contributed by atoms with Gasteiger partial charge >= 0.3 is 0 Å². The highest BCUT2D eigenvalue weighted by Gasteiger charge is 2.14. The Bertz CT molecular complexity index is 350. The van der Waals surface area contributed by atoms with Crippen molar-refractivity contribution in [1.82, 2.24) is 0 Å². The molecule has 0 spiro atoms. The number of carbonyl (C=O) groups excluding carboxylic acids is 1. The molecule has 0 saturated carbocycles. The van der Waals surface area contributed by atoms with Crippen LogP contribution in [0.4, 0.5) is 8.78 Å². The number of carbonyl (C=O) groups is 1. The van der Waals surface area contributed by atoms with Crippen LogP contribution >= 0.6 is 0 Å². The van der Waals surface area contributed by atoms with Gasteiger partial charge in [-0.05, 0) is 24.6 Å². The molecule has 0 radical (unpaired) electrons. The molecular formula is C9H9F2NO. The molecule has 70 valence electrons. The first-order chi connectivity index (χ1) is 6.06. The van der Waals surface area contributed by atoms with Gasteiger partial charge in [0.2, 0.25) is 0 Å². The Balaban J connectivity index is 3.28. The summed E-state index contributed by atoms with van der Waals surface area (Å²) in [4.78, 5) is 11.0. The summed E-state index contributed by atoms with van der Waals surface area (Å²) in [6.45, 7) is 1.26. The lowest BCUT2D eigenvalue weighted by Gasteiger charge is -2.02. The minimum absolute atomic E-state index is 0.278. The number of ketones is 1. The normalized spacial score (nSPS) is 10.2. The summed E-state index contributed by atoms with van der Waals surface area (Å²) in [6, 6.07) is 2.32. The van der Waals surface area contributed by atoms with Crippen molar-refractivity contribution in [3.05, 3.63) is 34.9 Å². The van der Waals surface area contributed by atoms with Crippen LogP contribution in [0.3, 0.4) is 0 Å². The van der Waals surface area contributed by atoms with E-state index in [0.29, 0.717) is 5.56 Å². The van der Waals surface area contributed by atoms with Crippen molar-refractivity contribution in [3.8, 4) is 0 Å². The van der Waals surface area contributed by atoms with Gasteiger partial charge in [-0.3, -0.25) is 4.79 Å². The highest BCUT2D eigenvalue weighted by atomic mass is 19.2. The zero-order valence-corrected chi connectivity index (χ0v) is 7.10. The van der Waals surface area contributed by atoms with Gasteiger partial charge in [-0.15, -0.1) is 0 Å². The summed E-state index contributed by atoms with van der Waals surface area (Å²) >= 11 is 0. The molecule has 0 aromatic heterocycles. The molecule has 0 bridgehead atoms. The Hall–Kier alpha value is -1.29. The second-order valence-corrected chi connectivity index (χ2v) is 2.74. The molecule has 13 heavy (non-hydrogen) atoms. The first-order valence-electron chi connectivity index (χ1n) is 3.75. The topological polar surface area (TPSA) is 43.1 Å². The summed E-state index contributed by atoms with van der Waals surface area (Å²) in [5, 5.41) is 0. The Kier molecular flexibility index (Phi) is 2.72. The number of hydrogen-bond acceptors (Lipinski definition) is 2. The maximum Gasteiger partial charge on any atom is 0.179 e. The van der Waals surface area contributed by atoms with Crippen molar-refractivity contribution in [2.45, 2.75) is 6.92 Å². The minimum atomic E-state index is -1.12. The van der Waals surface area contributed by atoms with Crippen LogP contribution in [0.15, 0.2) is 12.1 Å². The van der Waals surface area contributed by atoms with Gasteiger partial charge in [-0.2, -0.15) is 0 Å². The van der Waals surface area contributed by atoms with E-state index < -0.39 is 17.4 Å². The fourth-order valence-corrected chi connectivity index (χ4v) is 1.04. The second kappa shape index (κ2) is 3.62. The largest absolute Gasteiger partial charge is 0.324 e. The van der Waals surface area contributed by atoms with E-state index in [0.717, 1.165) is 6.07 Å². The van der Waals surface area contributed by atoms with E-state index in [1.54, 1.807) is 6.92 Å². The number of hydrogen-bond donors (Lipinski definition) is 1. The van der Waals surface area contributed by atoms with Crippen LogP contribution < -0.4 is 5.73 Å². The summed E-state index contributed by atoms with van der Waals surface area (Å²) in [5.74, 6) is -2.74. The van der Waals surface area contributed by atoms with E-state index in [1.165, 1.54) is 6.07 Å². The molecule has 0 aliphatic rings. The number of halogens is 2. The fourth-order valence-electron chi connectivity index (χ4n) is 1.04. The SMILES string of the molecule is Cc1cc(F)c(F)c(C(=O)CN)c1. The lowest BCUT2D eigenvalue weighted by molar-refractivity contribution is 0.0996. The van der Waals surface area contributed by atoms with Crippen LogP contribution in [0.2, 0.25) is 0 Å². The molecule has 1 rings (SSSR count). The zero-order valence-electron chi connectivity index (χ0n) is 7.10. The molecule has 2 N–H and O–H groups in total. The predicted octanol–water partition coefficient (Wildman–Crippen LogP) is 1.41. The summed E-state index contributed by atoms with van der Waals surface area (Å²) in [6.07, 6.45) is 0. The van der Waals surface area contributed by atoms with E-state index in [-0.39, 0.29) is 12.1 Å². The Morgan fingerprint density at radius 3 is 2.62 bits per heavy atom. The Morgan fingerprint density at radius 2 is 2.08 bits per heavy atom. The summed E-state index contributed by atoms with van der Waals surface area (Å²) in [5.41, 5.74) is 5.25. The molecule has 1 aromatic carbocycles. The quantitative estimate of drug-likeness (QED) is 0.708. The molecular weight excluding hydrogens is 176 g/mol. The molecule has 0 saturated heterocycles. The smallest absolute Gasteiger partial charge is 0.179 e. The lowest BCUT2D eigenvalue weighted by Crippen LogP contribution is -2.16. The fraction of sp³-hybridized carbons (Fsp3) is 0.222. The minimum Gasteiger partial charge on any atom is -0.324 e. The van der Waals surface area contributed by atoms with E-state index in [2.05, 4.69) is 0 Å². The van der Waals surface area contributed by atoms with Gasteiger partial charge in [0.1, 0.15) is 0 Å². The molecule has 0 fully saturated rings. The van der Waals surface area contributed by atoms with Crippen molar-refractivity contribution in [2.75, 3.05) is 6.54 Å². The number of benzene rings is 1. The van der Waals surface area contributed by atoms with Crippen molar-refractivity contribution >= 4 is 5.78 Å². The highest BCUT2D eigenvalue weighted by Crippen LogP contribution is 2.14. The van der Waals surface area contributed by atoms with E-state index >= 15 is 0 Å². The molecule has 0 amide bonds. The maximum atomic E-state index is 13.0. The molecule has 0 aliphatic carbocycles. The molecule has 4 heteroatoms. The second-order valence-electron chi connectivity index (χ2n) is 2.74. The summed E-state index contributed by atoms with van der Waals surface area (Å²) < 4.78 is 25.7. The van der Waals surface area contributed by atoms with Gasteiger partial charge in [-0.1, -0.05) is 0 Å². The molecule has 1 aromatic rings. The maximum absolute atomic E-state index is 13.0. The van der Waals surface area contributed by atoms with Gasteiger partial charge < -0.3 is 5.73 Å². The summed E-state index contributed by atoms with van der Waals surface area (Å²) in [7, 11) is 0. The lowest BCUT2D eigenvalue weighted by atomic mass is 10.1. The zero-order chi connectivity index (χ0) is 10.0. The van der Waals surface area contributed by atoms with E-state index in [1.807, 2.05) is 0 Å². The van der Waals surface area contributed by atoms with Gasteiger partial charge in [-0.25, -0.2) is 8.78 Å². The predicted molar refractivity (Wildman–Crippen MR) is 44.5 cm³/mol. The van der Waals surface area contributed by atoms with Crippen LogP contribution in [-0.4, -0.2) is 12.3 Å². The van der Waals surface area contributed by atoms with Crippen molar-refractivity contribution in [3.63, 3.8) is 0 Å². The molecule has 0 aliphatic heterocycles. The third-order valence-corrected chi connectivity index (χ3v) is 1.66. The van der Waals surface area contributed by atoms with Crippen molar-refractivity contribution < 1.29 is 13.6 Å². The number of aryl methyl sites for hydroxylation is 1. The van der Waals surface area contributed by atoms with Gasteiger partial charge in [0.05, 0.1) is 12.1 Å². The van der Waals surface area contributed by atoms with Crippen LogP contribution in [0.25, 0.3) is 0 Å². The number of nitrogens with two attached hydrogens (primary N) is 1.